The van der Waals surface area contributed by atoms with E-state index in [4.69, 9.17) is 22.3 Å². The minimum atomic E-state index is -1.33. The first-order valence-electron chi connectivity index (χ1n) is 10.4. The molecule has 0 heterocycles. The second-order valence-electron chi connectivity index (χ2n) is 7.44. The molecule has 178 valence electrons. The van der Waals surface area contributed by atoms with Gasteiger partial charge in [-0.25, -0.2) is 4.79 Å². The fraction of sp³-hybridized carbons (Fsp3) is 0.737. The highest BCUT2D eigenvalue weighted by Crippen LogP contribution is 2.07. The van der Waals surface area contributed by atoms with Gasteiger partial charge in [-0.3, -0.25) is 19.2 Å². The smallest absolute Gasteiger partial charge is 0.326 e. The van der Waals surface area contributed by atoms with Crippen molar-refractivity contribution in [3.8, 4) is 0 Å². The van der Waals surface area contributed by atoms with Crippen LogP contribution in [0.2, 0.25) is 0 Å². The highest BCUT2D eigenvalue weighted by molar-refractivity contribution is 5.92. The Hall–Kier alpha value is -2.73. The Morgan fingerprint density at radius 2 is 1.61 bits per heavy atom. The summed E-state index contributed by atoms with van der Waals surface area (Å²) in [6, 6.07) is -3.00. The second-order valence-corrected chi connectivity index (χ2v) is 7.44. The fourth-order valence-corrected chi connectivity index (χ4v) is 2.62. The van der Waals surface area contributed by atoms with Crippen molar-refractivity contribution in [3.05, 3.63) is 0 Å². The summed E-state index contributed by atoms with van der Waals surface area (Å²) in [6.07, 6.45) is 1.84. The summed E-state index contributed by atoms with van der Waals surface area (Å²) in [6.45, 7) is 3.66. The second kappa shape index (κ2) is 15.1. The van der Waals surface area contributed by atoms with Gasteiger partial charge in [-0.1, -0.05) is 20.3 Å². The minimum absolute atomic E-state index is 0.0770. The van der Waals surface area contributed by atoms with E-state index in [-0.39, 0.29) is 18.8 Å². The van der Waals surface area contributed by atoms with E-state index in [9.17, 15) is 24.0 Å². The van der Waals surface area contributed by atoms with Gasteiger partial charge in [0.15, 0.2) is 0 Å². The molecule has 0 rings (SSSR count). The molecule has 0 aromatic heterocycles. The SMILES string of the molecule is CCC(C)C(N)C(=O)NC(CCCCN)C(=O)NCC(=O)NC(CCC(N)=O)C(=O)O. The van der Waals surface area contributed by atoms with Crippen LogP contribution in [0.25, 0.3) is 0 Å². The zero-order valence-electron chi connectivity index (χ0n) is 18.2. The molecule has 0 saturated carbocycles. The minimum Gasteiger partial charge on any atom is -0.480 e. The summed E-state index contributed by atoms with van der Waals surface area (Å²) in [5, 5.41) is 16.3. The molecule has 0 aliphatic heterocycles. The molecule has 12 heteroatoms. The van der Waals surface area contributed by atoms with Crippen LogP contribution in [-0.4, -0.2) is 65.9 Å². The molecule has 0 radical (unpaired) electrons. The average Bonchev–Trinajstić information content (AvgIpc) is 2.72. The molecule has 4 atom stereocenters. The van der Waals surface area contributed by atoms with Gasteiger partial charge >= 0.3 is 5.97 Å². The predicted octanol–water partition coefficient (Wildman–Crippen LogP) is -2.08. The third kappa shape index (κ3) is 11.9. The van der Waals surface area contributed by atoms with Crippen LogP contribution in [0.1, 0.15) is 52.4 Å². The van der Waals surface area contributed by atoms with Crippen molar-refractivity contribution in [3.63, 3.8) is 0 Å². The summed E-state index contributed by atoms with van der Waals surface area (Å²) >= 11 is 0. The van der Waals surface area contributed by atoms with Crippen LogP contribution in [0.15, 0.2) is 0 Å². The highest BCUT2D eigenvalue weighted by atomic mass is 16.4. The molecule has 0 fully saturated rings. The topological polar surface area (TPSA) is 220 Å². The Morgan fingerprint density at radius 3 is 2.13 bits per heavy atom. The van der Waals surface area contributed by atoms with E-state index in [0.29, 0.717) is 32.2 Å². The Balaban J connectivity index is 4.88. The monoisotopic (exact) mass is 444 g/mol. The standard InChI is InChI=1S/C19H36N6O6/c1-3-11(2)16(22)18(29)25-12(6-4-5-9-20)17(28)23-10-15(27)24-13(19(30)31)7-8-14(21)26/h11-13,16H,3-10,20,22H2,1-2H3,(H2,21,26)(H,23,28)(H,24,27)(H,25,29)(H,30,31). The summed E-state index contributed by atoms with van der Waals surface area (Å²) in [5.74, 6) is -3.92. The predicted molar refractivity (Wildman–Crippen MR) is 113 cm³/mol. The van der Waals surface area contributed by atoms with Gasteiger partial charge in [0, 0.05) is 6.42 Å². The number of nitrogens with two attached hydrogens (primary N) is 3. The molecule has 31 heavy (non-hydrogen) atoms. The first kappa shape index (κ1) is 28.3. The van der Waals surface area contributed by atoms with Gasteiger partial charge in [-0.2, -0.15) is 0 Å². The molecule has 4 unspecified atom stereocenters. The number of carbonyl (C=O) groups is 5. The number of aliphatic carboxylic acids is 1. The number of hydrogen-bond donors (Lipinski definition) is 7. The van der Waals surface area contributed by atoms with Crippen molar-refractivity contribution in [1.29, 1.82) is 0 Å². The van der Waals surface area contributed by atoms with Gasteiger partial charge in [-0.05, 0) is 38.1 Å². The number of carboxylic acid groups (broad SMARTS) is 1. The third-order valence-electron chi connectivity index (χ3n) is 4.88. The van der Waals surface area contributed by atoms with Crippen molar-refractivity contribution in [1.82, 2.24) is 16.0 Å². The molecule has 0 spiro atoms. The molecule has 10 N–H and O–H groups in total. The number of hydrogen-bond acceptors (Lipinski definition) is 7. The maximum absolute atomic E-state index is 12.5. The quantitative estimate of drug-likeness (QED) is 0.131. The maximum atomic E-state index is 12.5. The van der Waals surface area contributed by atoms with Crippen LogP contribution in [0.5, 0.6) is 0 Å². The molecular weight excluding hydrogens is 408 g/mol. The lowest BCUT2D eigenvalue weighted by molar-refractivity contribution is -0.142. The van der Waals surface area contributed by atoms with Crippen LogP contribution in [0.3, 0.4) is 0 Å². The normalized spacial score (nSPS) is 14.6. The molecule has 0 aliphatic rings. The van der Waals surface area contributed by atoms with Gasteiger partial charge in [0.2, 0.25) is 23.6 Å². The van der Waals surface area contributed by atoms with Crippen molar-refractivity contribution in [2.24, 2.45) is 23.1 Å². The van der Waals surface area contributed by atoms with E-state index in [0.717, 1.165) is 0 Å². The third-order valence-corrected chi connectivity index (χ3v) is 4.88. The summed E-state index contributed by atoms with van der Waals surface area (Å²) in [5.41, 5.74) is 16.4. The first-order valence-corrected chi connectivity index (χ1v) is 10.4. The lowest BCUT2D eigenvalue weighted by Gasteiger charge is -2.23. The highest BCUT2D eigenvalue weighted by Gasteiger charge is 2.26. The van der Waals surface area contributed by atoms with Crippen molar-refractivity contribution < 1.29 is 29.1 Å². The Labute approximate surface area is 182 Å². The van der Waals surface area contributed by atoms with Gasteiger partial charge < -0.3 is 38.3 Å². The molecular formula is C19H36N6O6. The van der Waals surface area contributed by atoms with E-state index in [1.165, 1.54) is 0 Å². The largest absolute Gasteiger partial charge is 0.480 e. The zero-order chi connectivity index (χ0) is 24.0. The van der Waals surface area contributed by atoms with Gasteiger partial charge in [0.1, 0.15) is 12.1 Å². The van der Waals surface area contributed by atoms with Crippen LogP contribution in [-0.2, 0) is 24.0 Å². The Bertz CT molecular complexity index is 629. The molecule has 0 aromatic carbocycles. The summed E-state index contributed by atoms with van der Waals surface area (Å²) < 4.78 is 0. The van der Waals surface area contributed by atoms with E-state index >= 15 is 0 Å². The van der Waals surface area contributed by atoms with Gasteiger partial charge in [-0.15, -0.1) is 0 Å². The van der Waals surface area contributed by atoms with Crippen LogP contribution in [0, 0.1) is 5.92 Å². The summed E-state index contributed by atoms with van der Waals surface area (Å²) in [4.78, 5) is 58.9. The van der Waals surface area contributed by atoms with Gasteiger partial charge in [0.05, 0.1) is 12.6 Å². The van der Waals surface area contributed by atoms with Crippen LogP contribution in [0.4, 0.5) is 0 Å². The molecule has 12 nitrogen and oxygen atoms in total. The van der Waals surface area contributed by atoms with Gasteiger partial charge in [0.25, 0.3) is 0 Å². The van der Waals surface area contributed by atoms with E-state index < -0.39 is 54.3 Å². The van der Waals surface area contributed by atoms with Crippen molar-refractivity contribution in [2.45, 2.75) is 70.5 Å². The number of rotatable bonds is 16. The number of carboxylic acids is 1. The van der Waals surface area contributed by atoms with E-state index in [2.05, 4.69) is 16.0 Å². The fourth-order valence-electron chi connectivity index (χ4n) is 2.62. The van der Waals surface area contributed by atoms with E-state index in [1.807, 2.05) is 13.8 Å². The molecule has 0 bridgehead atoms. The molecule has 4 amide bonds. The number of carbonyl (C=O) groups excluding carboxylic acids is 4. The number of nitrogens with one attached hydrogen (secondary N) is 3. The number of unbranched alkanes of at least 4 members (excludes halogenated alkanes) is 1. The van der Waals surface area contributed by atoms with Crippen LogP contribution < -0.4 is 33.2 Å². The van der Waals surface area contributed by atoms with Crippen LogP contribution >= 0.6 is 0 Å². The first-order chi connectivity index (χ1) is 14.5. The average molecular weight is 445 g/mol. The molecule has 0 aliphatic carbocycles. The van der Waals surface area contributed by atoms with Crippen molar-refractivity contribution in [2.75, 3.05) is 13.1 Å². The Kier molecular flexibility index (Phi) is 13.8. The number of amides is 4. The summed E-state index contributed by atoms with van der Waals surface area (Å²) in [7, 11) is 0. The van der Waals surface area contributed by atoms with Crippen molar-refractivity contribution >= 4 is 29.6 Å². The number of primary amides is 1. The lowest BCUT2D eigenvalue weighted by Crippen LogP contribution is -2.54. The van der Waals surface area contributed by atoms with E-state index in [1.54, 1.807) is 0 Å². The maximum Gasteiger partial charge on any atom is 0.326 e. The lowest BCUT2D eigenvalue weighted by atomic mass is 9.98. The molecule has 0 saturated heterocycles. The Morgan fingerprint density at radius 1 is 0.968 bits per heavy atom. The zero-order valence-corrected chi connectivity index (χ0v) is 18.2. The molecule has 0 aromatic rings.